The number of benzene rings is 2. The van der Waals surface area contributed by atoms with Crippen molar-refractivity contribution in [1.82, 2.24) is 6.15 Å². The summed E-state index contributed by atoms with van der Waals surface area (Å²) in [5, 5.41) is 0. The monoisotopic (exact) mass is 757 g/mol. The van der Waals surface area contributed by atoms with Crippen LogP contribution in [0.4, 0.5) is 0 Å². The molecule has 0 heterocycles. The molecule has 0 atom stereocenters. The van der Waals surface area contributed by atoms with Crippen molar-refractivity contribution in [1.29, 1.82) is 0 Å². The normalized spacial score (nSPS) is 9.84. The molecular formula is C12H19NO8P2Pt2+10. The van der Waals surface area contributed by atoms with Crippen molar-refractivity contribution in [3.63, 3.8) is 0 Å². The Kier molecular flexibility index (Phi) is 16.8. The van der Waals surface area contributed by atoms with Crippen molar-refractivity contribution >= 4 is 16.3 Å². The van der Waals surface area contributed by atoms with Gasteiger partial charge in [-0.25, -0.2) is 0 Å². The summed E-state index contributed by atoms with van der Waals surface area (Å²) in [5.41, 5.74) is 0. The van der Waals surface area contributed by atoms with Gasteiger partial charge in [-0.1, -0.05) is 36.4 Å². The summed E-state index contributed by atoms with van der Waals surface area (Å²) in [6.45, 7) is 0. The van der Waals surface area contributed by atoms with Crippen LogP contribution in [0.1, 0.15) is 0 Å². The maximum atomic E-state index is 8.47. The second-order valence-electron chi connectivity index (χ2n) is 3.84. The quantitative estimate of drug-likeness (QED) is 0.229. The predicted octanol–water partition coefficient (Wildman–Crippen LogP) is 1.60. The minimum absolute atomic E-state index is 0. The fourth-order valence-electron chi connectivity index (χ4n) is 1.25. The van der Waals surface area contributed by atoms with Gasteiger partial charge >= 0.3 is 58.5 Å². The van der Waals surface area contributed by atoms with E-state index in [0.29, 0.717) is 0 Å². The largest absolute Gasteiger partial charge is 4.00 e. The first kappa shape index (κ1) is 29.7. The van der Waals surface area contributed by atoms with Crippen LogP contribution in [-0.4, -0.2) is 29.4 Å². The SMILES string of the molecule is N.O[P+](O)(O)Oc1ccccc1.O[P+](O)(O)Oc1ccccc1.[Pt+4].[Pt+4]. The standard InChI is InChI=1S/2C6H8O4P.H3N.2Pt/c2*7-11(8,9)10-6-4-2-1-3-5-6;;;/h2*1-5,7-9H;1H3;;/q2*+1;;2*+4. The van der Waals surface area contributed by atoms with Crippen molar-refractivity contribution in [3.05, 3.63) is 60.7 Å². The maximum Gasteiger partial charge on any atom is 4.00 e. The summed E-state index contributed by atoms with van der Waals surface area (Å²) >= 11 is 0. The fraction of sp³-hybridized carbons (Fsp3) is 0. The fourth-order valence-corrected chi connectivity index (χ4v) is 2.05. The third kappa shape index (κ3) is 17.2. The molecule has 2 aromatic carbocycles. The molecule has 0 saturated carbocycles. The summed E-state index contributed by atoms with van der Waals surface area (Å²) in [7, 11) is -8.28. The van der Waals surface area contributed by atoms with Crippen LogP contribution in [0.2, 0.25) is 0 Å². The Hall–Kier alpha value is -0.00338. The average molecular weight is 757 g/mol. The van der Waals surface area contributed by atoms with Crippen molar-refractivity contribution in [3.8, 4) is 11.5 Å². The first-order valence-electron chi connectivity index (χ1n) is 5.79. The van der Waals surface area contributed by atoms with E-state index in [2.05, 4.69) is 9.05 Å². The van der Waals surface area contributed by atoms with E-state index in [-0.39, 0.29) is 59.8 Å². The van der Waals surface area contributed by atoms with Crippen LogP contribution < -0.4 is 15.2 Å². The van der Waals surface area contributed by atoms with E-state index in [1.807, 2.05) is 0 Å². The topological polar surface area (TPSA) is 175 Å². The Morgan fingerprint density at radius 2 is 0.760 bits per heavy atom. The zero-order chi connectivity index (χ0) is 16.6. The zero-order valence-electron chi connectivity index (χ0n) is 12.5. The number of hydrogen-bond acceptors (Lipinski definition) is 9. The van der Waals surface area contributed by atoms with E-state index in [1.165, 1.54) is 24.3 Å². The average Bonchev–Trinajstić information content (AvgIpc) is 2.38. The molecule has 0 radical (unpaired) electrons. The molecule has 0 aromatic heterocycles. The molecule has 9 nitrogen and oxygen atoms in total. The minimum atomic E-state index is -4.14. The third-order valence-corrected chi connectivity index (χ3v) is 2.85. The smallest absolute Gasteiger partial charge is 0.344 e. The zero-order valence-corrected chi connectivity index (χ0v) is 18.8. The van der Waals surface area contributed by atoms with Crippen LogP contribution in [0.3, 0.4) is 0 Å². The predicted molar refractivity (Wildman–Crippen MR) is 86.3 cm³/mol. The summed E-state index contributed by atoms with van der Waals surface area (Å²) in [4.78, 5) is 50.8. The molecule has 2 rings (SSSR count). The van der Waals surface area contributed by atoms with Crippen molar-refractivity contribution in [2.45, 2.75) is 0 Å². The van der Waals surface area contributed by atoms with E-state index < -0.39 is 16.3 Å². The van der Waals surface area contributed by atoms with Crippen molar-refractivity contribution < 1.29 is 80.5 Å². The van der Waals surface area contributed by atoms with E-state index in [4.69, 9.17) is 29.4 Å². The van der Waals surface area contributed by atoms with Gasteiger partial charge in [0.2, 0.25) is 0 Å². The number of hydrogen-bond donors (Lipinski definition) is 7. The van der Waals surface area contributed by atoms with Gasteiger partial charge in [0, 0.05) is 0 Å². The summed E-state index contributed by atoms with van der Waals surface area (Å²) in [6.07, 6.45) is 0. The molecule has 0 amide bonds. The Balaban J connectivity index is -0.000000346. The molecule has 2 aromatic rings. The maximum absolute atomic E-state index is 8.47. The van der Waals surface area contributed by atoms with E-state index in [0.717, 1.165) is 0 Å². The summed E-state index contributed by atoms with van der Waals surface area (Å²) < 4.78 is 8.76. The van der Waals surface area contributed by atoms with E-state index in [1.54, 1.807) is 36.4 Å². The molecule has 0 spiro atoms. The van der Waals surface area contributed by atoms with Gasteiger partial charge in [-0.2, -0.15) is 29.4 Å². The molecule has 140 valence electrons. The Morgan fingerprint density at radius 3 is 0.960 bits per heavy atom. The molecule has 0 unspecified atom stereocenters. The van der Waals surface area contributed by atoms with Gasteiger partial charge in [0.1, 0.15) is 0 Å². The molecule has 25 heavy (non-hydrogen) atoms. The van der Waals surface area contributed by atoms with E-state index in [9.17, 15) is 0 Å². The van der Waals surface area contributed by atoms with Crippen LogP contribution >= 0.6 is 16.3 Å². The van der Waals surface area contributed by atoms with Crippen LogP contribution in [0, 0.1) is 0 Å². The van der Waals surface area contributed by atoms with Gasteiger partial charge in [-0.15, -0.1) is 0 Å². The van der Waals surface area contributed by atoms with Crippen LogP contribution in [0.5, 0.6) is 11.5 Å². The van der Waals surface area contributed by atoms with Crippen LogP contribution in [-0.2, 0) is 42.1 Å². The number of para-hydroxylation sites is 2. The molecular weight excluding hydrogens is 738 g/mol. The van der Waals surface area contributed by atoms with Gasteiger partial charge in [0.05, 0.1) is 0 Å². The molecule has 0 bridgehead atoms. The van der Waals surface area contributed by atoms with Crippen LogP contribution in [0.15, 0.2) is 60.7 Å². The molecule has 0 aliphatic rings. The molecule has 0 saturated heterocycles. The number of rotatable bonds is 4. The minimum Gasteiger partial charge on any atom is -0.344 e. The summed E-state index contributed by atoms with van der Waals surface area (Å²) in [5.74, 6) is 0.460. The van der Waals surface area contributed by atoms with Crippen molar-refractivity contribution in [2.24, 2.45) is 0 Å². The Morgan fingerprint density at radius 1 is 0.520 bits per heavy atom. The third-order valence-electron chi connectivity index (χ3n) is 1.94. The molecule has 0 aliphatic carbocycles. The van der Waals surface area contributed by atoms with Gasteiger partial charge in [0.25, 0.3) is 0 Å². The molecule has 9 N–H and O–H groups in total. The van der Waals surface area contributed by atoms with E-state index >= 15 is 0 Å². The van der Waals surface area contributed by atoms with Gasteiger partial charge in [-0.3, -0.25) is 9.05 Å². The van der Waals surface area contributed by atoms with Crippen LogP contribution in [0.25, 0.3) is 0 Å². The Labute approximate surface area is 174 Å². The van der Waals surface area contributed by atoms with Gasteiger partial charge in [0.15, 0.2) is 11.5 Å². The molecule has 0 fully saturated rings. The second kappa shape index (κ2) is 14.1. The molecule has 13 heteroatoms. The first-order chi connectivity index (χ1) is 10.2. The van der Waals surface area contributed by atoms with Gasteiger partial charge < -0.3 is 6.15 Å². The van der Waals surface area contributed by atoms with Gasteiger partial charge in [-0.05, 0) is 24.3 Å². The first-order valence-corrected chi connectivity index (χ1v) is 8.93. The second-order valence-corrected chi connectivity index (χ2v) is 6.25. The Bertz CT molecular complexity index is 503. The summed E-state index contributed by atoms with van der Waals surface area (Å²) in [6, 6.07) is 16.2. The molecule has 0 aliphatic heterocycles. The van der Waals surface area contributed by atoms with Crippen molar-refractivity contribution in [2.75, 3.05) is 0 Å².